The molecule has 0 radical (unpaired) electrons. The van der Waals surface area contributed by atoms with Gasteiger partial charge in [0.2, 0.25) is 0 Å². The molecule has 0 saturated heterocycles. The van der Waals surface area contributed by atoms with Crippen LogP contribution < -0.4 is 19.5 Å². The van der Waals surface area contributed by atoms with Crippen molar-refractivity contribution in [2.75, 3.05) is 25.6 Å². The van der Waals surface area contributed by atoms with Crippen LogP contribution in [0.1, 0.15) is 11.1 Å². The molecule has 0 aliphatic rings. The molecule has 5 heteroatoms. The molecule has 0 amide bonds. The van der Waals surface area contributed by atoms with E-state index in [9.17, 15) is 0 Å². The maximum absolute atomic E-state index is 5.98. The van der Waals surface area contributed by atoms with Gasteiger partial charge < -0.3 is 19.5 Å². The number of methoxy groups -OCH3 is 1. The van der Waals surface area contributed by atoms with Gasteiger partial charge in [-0.3, -0.25) is 0 Å². The van der Waals surface area contributed by atoms with Crippen LogP contribution in [0, 0.1) is 6.92 Å². The molecule has 3 aromatic rings. The van der Waals surface area contributed by atoms with Gasteiger partial charge in [-0.25, -0.2) is 4.98 Å². The normalized spacial score (nSPS) is 10.3. The molecular weight excluding hydrogens is 340 g/mol. The predicted octanol–water partition coefficient (Wildman–Crippen LogP) is 4.47. The summed E-state index contributed by atoms with van der Waals surface area (Å²) in [4.78, 5) is 4.28. The molecule has 140 valence electrons. The number of benzene rings is 2. The lowest BCUT2D eigenvalue weighted by Crippen LogP contribution is -2.12. The molecule has 1 heterocycles. The summed E-state index contributed by atoms with van der Waals surface area (Å²) in [5.41, 5.74) is 2.20. The number of aromatic nitrogens is 1. The van der Waals surface area contributed by atoms with Crippen LogP contribution in [0.15, 0.2) is 66.9 Å². The Morgan fingerprint density at radius 2 is 1.70 bits per heavy atom. The topological polar surface area (TPSA) is 52.6 Å². The summed E-state index contributed by atoms with van der Waals surface area (Å²) in [6.07, 6.45) is 1.76. The Balaban J connectivity index is 1.59. The fraction of sp³-hybridized carbons (Fsp3) is 0.227. The number of rotatable bonds is 9. The van der Waals surface area contributed by atoms with Crippen LogP contribution in [0.5, 0.6) is 17.2 Å². The SMILES string of the molecule is COc1cccc(CNc2ccccn2)c1OCCOc1ccc(C)cc1. The first kappa shape index (κ1) is 18.6. The molecular formula is C22H24N2O3. The van der Waals surface area contributed by atoms with Crippen molar-refractivity contribution in [3.05, 3.63) is 78.0 Å². The van der Waals surface area contributed by atoms with Crippen LogP contribution in [0.25, 0.3) is 0 Å². The Kier molecular flexibility index (Phi) is 6.52. The van der Waals surface area contributed by atoms with Gasteiger partial charge in [-0.05, 0) is 37.3 Å². The highest BCUT2D eigenvalue weighted by atomic mass is 16.5. The van der Waals surface area contributed by atoms with Gasteiger partial charge in [-0.15, -0.1) is 0 Å². The molecule has 27 heavy (non-hydrogen) atoms. The minimum absolute atomic E-state index is 0.421. The van der Waals surface area contributed by atoms with Crippen molar-refractivity contribution in [1.29, 1.82) is 0 Å². The highest BCUT2D eigenvalue weighted by Gasteiger charge is 2.11. The van der Waals surface area contributed by atoms with Crippen molar-refractivity contribution in [3.63, 3.8) is 0 Å². The lowest BCUT2D eigenvalue weighted by Gasteiger charge is -2.16. The number of nitrogens with zero attached hydrogens (tertiary/aromatic N) is 1. The molecule has 0 atom stereocenters. The van der Waals surface area contributed by atoms with E-state index in [4.69, 9.17) is 14.2 Å². The Morgan fingerprint density at radius 3 is 2.44 bits per heavy atom. The van der Waals surface area contributed by atoms with E-state index >= 15 is 0 Å². The molecule has 1 N–H and O–H groups in total. The van der Waals surface area contributed by atoms with Crippen LogP contribution in [-0.4, -0.2) is 25.3 Å². The third-order valence-corrected chi connectivity index (χ3v) is 4.02. The summed E-state index contributed by atoms with van der Waals surface area (Å²) < 4.78 is 17.2. The van der Waals surface area contributed by atoms with Crippen LogP contribution in [0.4, 0.5) is 5.82 Å². The summed E-state index contributed by atoms with van der Waals surface area (Å²) >= 11 is 0. The smallest absolute Gasteiger partial charge is 0.166 e. The summed E-state index contributed by atoms with van der Waals surface area (Å²) in [5.74, 6) is 3.07. The van der Waals surface area contributed by atoms with E-state index in [1.807, 2.05) is 60.7 Å². The molecule has 0 aliphatic carbocycles. The van der Waals surface area contributed by atoms with Gasteiger partial charge in [0.25, 0.3) is 0 Å². The van der Waals surface area contributed by atoms with Crippen molar-refractivity contribution in [3.8, 4) is 17.2 Å². The van der Waals surface area contributed by atoms with Gasteiger partial charge >= 0.3 is 0 Å². The number of para-hydroxylation sites is 1. The van der Waals surface area contributed by atoms with Crippen LogP contribution in [0.3, 0.4) is 0 Å². The second kappa shape index (κ2) is 9.48. The number of hydrogen-bond acceptors (Lipinski definition) is 5. The first-order valence-electron chi connectivity index (χ1n) is 8.89. The molecule has 3 rings (SSSR count). The highest BCUT2D eigenvalue weighted by molar-refractivity contribution is 5.48. The average molecular weight is 364 g/mol. The van der Waals surface area contributed by atoms with Crippen molar-refractivity contribution in [2.45, 2.75) is 13.5 Å². The summed E-state index contributed by atoms with van der Waals surface area (Å²) in [5, 5.41) is 3.30. The van der Waals surface area contributed by atoms with Gasteiger partial charge in [0.05, 0.1) is 7.11 Å². The first-order chi connectivity index (χ1) is 13.3. The Bertz CT molecular complexity index is 836. The second-order valence-electron chi connectivity index (χ2n) is 6.03. The molecule has 0 fully saturated rings. The van der Waals surface area contributed by atoms with Gasteiger partial charge in [0.15, 0.2) is 11.5 Å². The van der Waals surface area contributed by atoms with E-state index in [1.165, 1.54) is 5.56 Å². The lowest BCUT2D eigenvalue weighted by atomic mass is 10.2. The summed E-state index contributed by atoms with van der Waals surface area (Å²) in [6.45, 7) is 3.51. The van der Waals surface area contributed by atoms with E-state index in [2.05, 4.69) is 17.2 Å². The Hall–Kier alpha value is -3.21. The fourth-order valence-corrected chi connectivity index (χ4v) is 2.62. The van der Waals surface area contributed by atoms with E-state index < -0.39 is 0 Å². The first-order valence-corrected chi connectivity index (χ1v) is 8.89. The Morgan fingerprint density at radius 1 is 0.889 bits per heavy atom. The van der Waals surface area contributed by atoms with E-state index in [-0.39, 0.29) is 0 Å². The molecule has 1 aromatic heterocycles. The Labute approximate surface area is 159 Å². The van der Waals surface area contributed by atoms with Gasteiger partial charge in [-0.1, -0.05) is 35.9 Å². The highest BCUT2D eigenvalue weighted by Crippen LogP contribution is 2.31. The monoisotopic (exact) mass is 364 g/mol. The minimum Gasteiger partial charge on any atom is -0.493 e. The van der Waals surface area contributed by atoms with E-state index in [0.717, 1.165) is 22.9 Å². The van der Waals surface area contributed by atoms with Gasteiger partial charge in [0, 0.05) is 18.3 Å². The molecule has 0 saturated carbocycles. The van der Waals surface area contributed by atoms with Crippen LogP contribution >= 0.6 is 0 Å². The van der Waals surface area contributed by atoms with Crippen molar-refractivity contribution < 1.29 is 14.2 Å². The number of pyridine rings is 1. The van der Waals surface area contributed by atoms with Crippen molar-refractivity contribution in [1.82, 2.24) is 4.98 Å². The number of ether oxygens (including phenoxy) is 3. The summed E-state index contributed by atoms with van der Waals surface area (Å²) in [6, 6.07) is 19.6. The zero-order valence-corrected chi connectivity index (χ0v) is 15.6. The third-order valence-electron chi connectivity index (χ3n) is 4.02. The maximum Gasteiger partial charge on any atom is 0.166 e. The van der Waals surface area contributed by atoms with E-state index in [0.29, 0.717) is 25.5 Å². The molecule has 0 unspecified atom stereocenters. The molecule has 2 aromatic carbocycles. The fourth-order valence-electron chi connectivity index (χ4n) is 2.62. The number of hydrogen-bond donors (Lipinski definition) is 1. The van der Waals surface area contributed by atoms with Gasteiger partial charge in [0.1, 0.15) is 24.8 Å². The zero-order chi connectivity index (χ0) is 18.9. The van der Waals surface area contributed by atoms with Crippen LogP contribution in [0.2, 0.25) is 0 Å². The average Bonchev–Trinajstić information content (AvgIpc) is 2.72. The number of anilines is 1. The molecule has 5 nitrogen and oxygen atoms in total. The molecule has 0 bridgehead atoms. The van der Waals surface area contributed by atoms with Crippen LogP contribution in [-0.2, 0) is 6.54 Å². The lowest BCUT2D eigenvalue weighted by molar-refractivity contribution is 0.210. The number of aryl methyl sites for hydroxylation is 1. The maximum atomic E-state index is 5.98. The predicted molar refractivity (Wildman–Crippen MR) is 107 cm³/mol. The second-order valence-corrected chi connectivity index (χ2v) is 6.03. The molecule has 0 aliphatic heterocycles. The van der Waals surface area contributed by atoms with Gasteiger partial charge in [-0.2, -0.15) is 0 Å². The quantitative estimate of drug-likeness (QED) is 0.568. The molecule has 0 spiro atoms. The summed E-state index contributed by atoms with van der Waals surface area (Å²) in [7, 11) is 1.64. The largest absolute Gasteiger partial charge is 0.493 e. The van der Waals surface area contributed by atoms with E-state index in [1.54, 1.807) is 13.3 Å². The standard InChI is InChI=1S/C22H24N2O3/c1-17-9-11-19(12-10-17)26-14-15-27-22-18(6-5-7-20(22)25-2)16-24-21-8-3-4-13-23-21/h3-13H,14-16H2,1-2H3,(H,23,24). The number of nitrogens with one attached hydrogen (secondary N) is 1. The minimum atomic E-state index is 0.421. The zero-order valence-electron chi connectivity index (χ0n) is 15.6. The third kappa shape index (κ3) is 5.38. The van der Waals surface area contributed by atoms with Crippen molar-refractivity contribution in [2.24, 2.45) is 0 Å². The van der Waals surface area contributed by atoms with Crippen molar-refractivity contribution >= 4 is 5.82 Å².